The Morgan fingerprint density at radius 1 is 1.18 bits per heavy atom. The molecule has 0 aliphatic heterocycles. The van der Waals surface area contributed by atoms with Gasteiger partial charge in [-0.3, -0.25) is 4.98 Å². The number of nitriles is 1. The molecule has 3 rings (SSSR count). The molecule has 0 spiro atoms. The normalized spacial score (nSPS) is 11.9. The number of pyridine rings is 1. The molecule has 0 aliphatic carbocycles. The maximum Gasteiger partial charge on any atom is 0.163 e. The Morgan fingerprint density at radius 3 is 2.53 bits per heavy atom. The number of fused-ring (bicyclic) bond motifs is 1. The predicted octanol–water partition coefficient (Wildman–Crippen LogP) is 6.35. The van der Waals surface area contributed by atoms with Crippen LogP contribution in [0.1, 0.15) is 45.7 Å². The fraction of sp³-hybridized carbons (Fsp3) is 0.296. The number of rotatable bonds is 9. The Kier molecular flexibility index (Phi) is 8.10. The van der Waals surface area contributed by atoms with E-state index in [-0.39, 0.29) is 6.10 Å². The lowest BCUT2D eigenvalue weighted by atomic mass is 10.1. The number of oxime groups is 1. The first kappa shape index (κ1) is 24.6. The summed E-state index contributed by atoms with van der Waals surface area (Å²) in [6.07, 6.45) is 3.55. The van der Waals surface area contributed by atoms with Crippen LogP contribution in [-0.4, -0.2) is 30.5 Å². The first-order valence-electron chi connectivity index (χ1n) is 11.1. The molecule has 176 valence electrons. The van der Waals surface area contributed by atoms with E-state index in [1.807, 2.05) is 77.1 Å². The van der Waals surface area contributed by atoms with Gasteiger partial charge in [0.25, 0.3) is 0 Å². The minimum absolute atomic E-state index is 0.00892. The Labute approximate surface area is 200 Å². The quantitative estimate of drug-likeness (QED) is 0.228. The van der Waals surface area contributed by atoms with Gasteiger partial charge < -0.3 is 19.6 Å². The second-order valence-electron chi connectivity index (χ2n) is 8.13. The van der Waals surface area contributed by atoms with Crippen LogP contribution in [0, 0.1) is 11.3 Å². The first-order valence-corrected chi connectivity index (χ1v) is 11.1. The van der Waals surface area contributed by atoms with E-state index in [4.69, 9.17) is 14.3 Å². The zero-order valence-corrected chi connectivity index (χ0v) is 20.5. The van der Waals surface area contributed by atoms with Gasteiger partial charge in [-0.2, -0.15) is 5.26 Å². The summed E-state index contributed by atoms with van der Waals surface area (Å²) >= 11 is 0. The molecule has 34 heavy (non-hydrogen) atoms. The van der Waals surface area contributed by atoms with Crippen LogP contribution in [0.3, 0.4) is 0 Å². The Hall–Kier alpha value is -4.05. The van der Waals surface area contributed by atoms with Crippen LogP contribution in [0.2, 0.25) is 0 Å². The van der Waals surface area contributed by atoms with Crippen molar-refractivity contribution in [2.24, 2.45) is 5.16 Å². The van der Waals surface area contributed by atoms with E-state index in [0.29, 0.717) is 34.9 Å². The van der Waals surface area contributed by atoms with Gasteiger partial charge in [-0.1, -0.05) is 23.4 Å². The summed E-state index contributed by atoms with van der Waals surface area (Å²) in [4.78, 5) is 9.85. The number of aromatic nitrogens is 1. The molecule has 1 heterocycles. The lowest BCUT2D eigenvalue weighted by Gasteiger charge is -2.17. The molecule has 3 aromatic rings. The molecule has 0 bridgehead atoms. The molecule has 2 aromatic carbocycles. The van der Waals surface area contributed by atoms with E-state index in [1.54, 1.807) is 13.3 Å². The van der Waals surface area contributed by atoms with Gasteiger partial charge in [-0.15, -0.1) is 0 Å². The summed E-state index contributed by atoms with van der Waals surface area (Å²) in [5.74, 6) is 1.19. The Balaban J connectivity index is 1.91. The van der Waals surface area contributed by atoms with Gasteiger partial charge in [-0.05, 0) is 64.0 Å². The monoisotopic (exact) mass is 458 g/mol. The average molecular weight is 459 g/mol. The first-order chi connectivity index (χ1) is 16.4. The maximum atomic E-state index is 9.69. The molecule has 0 aliphatic rings. The fourth-order valence-electron chi connectivity index (χ4n) is 3.23. The van der Waals surface area contributed by atoms with Crippen molar-refractivity contribution in [2.75, 3.05) is 19.0 Å². The van der Waals surface area contributed by atoms with Crippen LogP contribution >= 0.6 is 0 Å². The molecule has 7 nitrogen and oxygen atoms in total. The summed E-state index contributed by atoms with van der Waals surface area (Å²) in [6.45, 7) is 10.2. The van der Waals surface area contributed by atoms with Crippen LogP contribution in [0.25, 0.3) is 10.9 Å². The van der Waals surface area contributed by atoms with Crippen molar-refractivity contribution in [3.8, 4) is 17.6 Å². The number of hydrogen-bond acceptors (Lipinski definition) is 7. The number of nitrogens with zero attached hydrogens (tertiary/aromatic N) is 3. The van der Waals surface area contributed by atoms with Crippen LogP contribution in [-0.2, 0) is 4.84 Å². The van der Waals surface area contributed by atoms with Gasteiger partial charge in [0.2, 0.25) is 0 Å². The fourth-order valence-corrected chi connectivity index (χ4v) is 3.23. The second kappa shape index (κ2) is 11.2. The van der Waals surface area contributed by atoms with Gasteiger partial charge in [-0.25, -0.2) is 0 Å². The lowest BCUT2D eigenvalue weighted by Crippen LogP contribution is -2.07. The zero-order chi connectivity index (χ0) is 24.7. The molecule has 0 fully saturated rings. The molecule has 7 heteroatoms. The minimum atomic E-state index is -0.00892. The van der Waals surface area contributed by atoms with Crippen molar-refractivity contribution in [3.05, 3.63) is 65.4 Å². The topological polar surface area (TPSA) is 88.8 Å². The number of methoxy groups -OCH3 is 1. The molecule has 0 radical (unpaired) electrons. The Morgan fingerprint density at radius 2 is 1.91 bits per heavy atom. The number of nitrogens with one attached hydrogen (secondary N) is 1. The molecule has 0 saturated carbocycles. The van der Waals surface area contributed by atoms with Crippen LogP contribution in [0.15, 0.2) is 59.4 Å². The molecule has 0 saturated heterocycles. The van der Waals surface area contributed by atoms with E-state index in [1.165, 1.54) is 0 Å². The molecular formula is C27H30N4O3. The highest BCUT2D eigenvalue weighted by Gasteiger charge is 2.15. The SMILES string of the molecule is C/C=C(\C)CO/N=C(\C)c1ccc(Nc2c(C#N)cnc3cc(OC(C)C)c(OC)cc23)cc1. The van der Waals surface area contributed by atoms with Crippen molar-refractivity contribution in [1.82, 2.24) is 4.98 Å². The summed E-state index contributed by atoms with van der Waals surface area (Å²) < 4.78 is 11.4. The number of ether oxygens (including phenoxy) is 2. The Bertz CT molecular complexity index is 1260. The van der Waals surface area contributed by atoms with Crippen LogP contribution < -0.4 is 14.8 Å². The van der Waals surface area contributed by atoms with E-state index >= 15 is 0 Å². The molecule has 1 aromatic heterocycles. The third-order valence-electron chi connectivity index (χ3n) is 5.20. The van der Waals surface area contributed by atoms with E-state index in [0.717, 1.165) is 27.9 Å². The van der Waals surface area contributed by atoms with Crippen molar-refractivity contribution in [3.63, 3.8) is 0 Å². The molecule has 1 N–H and O–H groups in total. The van der Waals surface area contributed by atoms with Gasteiger partial charge in [0, 0.05) is 23.3 Å². The third kappa shape index (κ3) is 5.84. The molecule has 0 amide bonds. The number of benzene rings is 2. The van der Waals surface area contributed by atoms with Crippen molar-refractivity contribution in [1.29, 1.82) is 5.26 Å². The summed E-state index contributed by atoms with van der Waals surface area (Å²) in [6, 6.07) is 13.7. The van der Waals surface area contributed by atoms with Gasteiger partial charge in [0.15, 0.2) is 11.5 Å². The highest BCUT2D eigenvalue weighted by atomic mass is 16.6. The summed E-state index contributed by atoms with van der Waals surface area (Å²) in [7, 11) is 1.59. The largest absolute Gasteiger partial charge is 0.493 e. The second-order valence-corrected chi connectivity index (χ2v) is 8.13. The van der Waals surface area contributed by atoms with E-state index in [2.05, 4.69) is 21.5 Å². The van der Waals surface area contributed by atoms with E-state index in [9.17, 15) is 5.26 Å². The van der Waals surface area contributed by atoms with Gasteiger partial charge >= 0.3 is 0 Å². The number of hydrogen-bond donors (Lipinski definition) is 1. The predicted molar refractivity (Wildman–Crippen MR) is 136 cm³/mol. The zero-order valence-electron chi connectivity index (χ0n) is 20.5. The highest BCUT2D eigenvalue weighted by Crippen LogP contribution is 2.37. The maximum absolute atomic E-state index is 9.69. The molecule has 0 atom stereocenters. The highest BCUT2D eigenvalue weighted by molar-refractivity contribution is 5.99. The number of anilines is 2. The number of allylic oxidation sites excluding steroid dienone is 1. The van der Waals surface area contributed by atoms with Crippen molar-refractivity contribution >= 4 is 28.0 Å². The van der Waals surface area contributed by atoms with Gasteiger partial charge in [0.05, 0.1) is 35.7 Å². The van der Waals surface area contributed by atoms with Crippen molar-refractivity contribution in [2.45, 2.75) is 40.7 Å². The molecular weight excluding hydrogens is 428 g/mol. The smallest absolute Gasteiger partial charge is 0.163 e. The van der Waals surface area contributed by atoms with E-state index < -0.39 is 0 Å². The molecule has 0 unspecified atom stereocenters. The summed E-state index contributed by atoms with van der Waals surface area (Å²) in [5, 5.41) is 18.0. The van der Waals surface area contributed by atoms with Crippen LogP contribution in [0.5, 0.6) is 11.5 Å². The van der Waals surface area contributed by atoms with Gasteiger partial charge in [0.1, 0.15) is 12.7 Å². The third-order valence-corrected chi connectivity index (χ3v) is 5.20. The standard InChI is InChI=1S/C27H30N4O3/c1-7-18(4)16-33-31-19(5)20-8-10-22(11-9-20)30-27-21(14-28)15-29-24-13-26(34-17(2)3)25(32-6)12-23(24)27/h7-13,15,17H,16H2,1-6H3,(H,29,30)/b18-7+,31-19+. The minimum Gasteiger partial charge on any atom is -0.493 e. The van der Waals surface area contributed by atoms with Crippen molar-refractivity contribution < 1.29 is 14.3 Å². The lowest BCUT2D eigenvalue weighted by molar-refractivity contribution is 0.168. The van der Waals surface area contributed by atoms with Crippen LogP contribution in [0.4, 0.5) is 11.4 Å². The average Bonchev–Trinajstić information content (AvgIpc) is 2.83. The summed E-state index contributed by atoms with van der Waals surface area (Å²) in [5.41, 5.74) is 5.46.